The van der Waals surface area contributed by atoms with Crippen molar-refractivity contribution in [3.8, 4) is 0 Å². The molecule has 0 aromatic carbocycles. The summed E-state index contributed by atoms with van der Waals surface area (Å²) in [5.41, 5.74) is 0. The summed E-state index contributed by atoms with van der Waals surface area (Å²) in [5.74, 6) is 1.19. The summed E-state index contributed by atoms with van der Waals surface area (Å²) in [6, 6.07) is 0. The molecule has 0 aromatic rings. The number of rotatable bonds is 4. The first-order valence-electron chi connectivity index (χ1n) is 3.49. The predicted molar refractivity (Wildman–Crippen MR) is 47.6 cm³/mol. The van der Waals surface area contributed by atoms with Gasteiger partial charge in [-0.1, -0.05) is 24.6 Å². The first-order chi connectivity index (χ1) is 5.48. The van der Waals surface area contributed by atoms with Crippen LogP contribution in [0.5, 0.6) is 0 Å². The highest BCUT2D eigenvalue weighted by molar-refractivity contribution is 7.99. The molecule has 0 aliphatic heterocycles. The van der Waals surface area contributed by atoms with Gasteiger partial charge in [0, 0.05) is 5.75 Å². The zero-order valence-corrected chi connectivity index (χ0v) is 8.19. The largest absolute Gasteiger partial charge is 0.426 e. The number of allylic oxidation sites excluding steroid dienone is 1. The minimum atomic E-state index is -4.38. The Bertz CT molecular complexity index is 153. The van der Waals surface area contributed by atoms with Crippen molar-refractivity contribution in [3.63, 3.8) is 0 Å². The van der Waals surface area contributed by atoms with Crippen LogP contribution < -0.4 is 0 Å². The lowest BCUT2D eigenvalue weighted by atomic mass is 10.5. The number of alkyl halides is 3. The van der Waals surface area contributed by atoms with E-state index in [4.69, 9.17) is 11.6 Å². The molecule has 0 fully saturated rings. The first kappa shape index (κ1) is 12.2. The van der Waals surface area contributed by atoms with Gasteiger partial charge in [-0.15, -0.1) is 0 Å². The molecule has 0 bridgehead atoms. The summed E-state index contributed by atoms with van der Waals surface area (Å²) in [5, 5.41) is -1.02. The van der Waals surface area contributed by atoms with Crippen molar-refractivity contribution in [2.75, 3.05) is 11.5 Å². The van der Waals surface area contributed by atoms with Gasteiger partial charge in [0.1, 0.15) is 5.03 Å². The first-order valence-corrected chi connectivity index (χ1v) is 5.02. The summed E-state index contributed by atoms with van der Waals surface area (Å²) in [7, 11) is 0. The third-order valence-electron chi connectivity index (χ3n) is 1.000. The highest BCUT2D eigenvalue weighted by Crippen LogP contribution is 2.28. The van der Waals surface area contributed by atoms with Gasteiger partial charge in [0.15, 0.2) is 0 Å². The molecule has 0 aromatic heterocycles. The van der Waals surface area contributed by atoms with Crippen molar-refractivity contribution < 1.29 is 13.2 Å². The van der Waals surface area contributed by atoms with E-state index in [9.17, 15) is 13.2 Å². The van der Waals surface area contributed by atoms with Gasteiger partial charge in [0.05, 0.1) is 0 Å². The molecule has 5 heteroatoms. The van der Waals surface area contributed by atoms with Crippen molar-refractivity contribution in [2.45, 2.75) is 19.5 Å². The Morgan fingerprint density at radius 1 is 1.50 bits per heavy atom. The number of hydrogen-bond donors (Lipinski definition) is 0. The highest BCUT2D eigenvalue weighted by Gasteiger charge is 2.31. The van der Waals surface area contributed by atoms with Gasteiger partial charge in [-0.2, -0.15) is 24.9 Å². The monoisotopic (exact) mass is 218 g/mol. The molecule has 0 nitrogen and oxygen atoms in total. The third-order valence-corrected chi connectivity index (χ3v) is 2.47. The molecule has 0 N–H and O–H groups in total. The van der Waals surface area contributed by atoms with Gasteiger partial charge in [0.2, 0.25) is 0 Å². The number of halogens is 4. The maximum Gasteiger partial charge on any atom is 0.426 e. The fourth-order valence-electron chi connectivity index (χ4n) is 0.475. The van der Waals surface area contributed by atoms with E-state index in [0.29, 0.717) is 5.75 Å². The molecular weight excluding hydrogens is 209 g/mol. The fourth-order valence-corrected chi connectivity index (χ4v) is 1.38. The van der Waals surface area contributed by atoms with Gasteiger partial charge >= 0.3 is 6.18 Å². The molecule has 0 heterocycles. The van der Waals surface area contributed by atoms with Crippen molar-refractivity contribution in [3.05, 3.63) is 11.1 Å². The summed E-state index contributed by atoms with van der Waals surface area (Å²) >= 11 is 6.40. The molecule has 0 amide bonds. The van der Waals surface area contributed by atoms with E-state index in [0.717, 1.165) is 18.2 Å². The molecule has 0 unspecified atom stereocenters. The van der Waals surface area contributed by atoms with E-state index in [2.05, 4.69) is 0 Å². The summed E-state index contributed by atoms with van der Waals surface area (Å²) in [6.45, 7) is 1.97. The zero-order chi connectivity index (χ0) is 9.61. The molecule has 0 aliphatic rings. The smallest absolute Gasteiger partial charge is 0.165 e. The van der Waals surface area contributed by atoms with E-state index in [1.54, 1.807) is 0 Å². The van der Waals surface area contributed by atoms with Crippen LogP contribution in [0, 0.1) is 0 Å². The topological polar surface area (TPSA) is 0 Å². The van der Waals surface area contributed by atoms with Gasteiger partial charge in [-0.3, -0.25) is 0 Å². The lowest BCUT2D eigenvalue weighted by Gasteiger charge is -2.03. The Morgan fingerprint density at radius 2 is 2.08 bits per heavy atom. The van der Waals surface area contributed by atoms with Crippen molar-refractivity contribution in [2.24, 2.45) is 0 Å². The molecule has 0 spiro atoms. The predicted octanol–water partition coefficient (Wildman–Crippen LogP) is 3.81. The second-order valence-corrected chi connectivity index (χ2v) is 3.68. The van der Waals surface area contributed by atoms with Gasteiger partial charge in [0.25, 0.3) is 0 Å². The minimum absolute atomic E-state index is 0.326. The van der Waals surface area contributed by atoms with Crippen LogP contribution >= 0.6 is 23.4 Å². The summed E-state index contributed by atoms with van der Waals surface area (Å²) < 4.78 is 35.2. The normalized spacial score (nSPS) is 13.6. The van der Waals surface area contributed by atoms with E-state index in [1.165, 1.54) is 11.8 Å². The molecule has 0 radical (unpaired) electrons. The van der Waals surface area contributed by atoms with E-state index >= 15 is 0 Å². The second kappa shape index (κ2) is 5.75. The van der Waals surface area contributed by atoms with Crippen LogP contribution in [-0.4, -0.2) is 17.7 Å². The Kier molecular flexibility index (Phi) is 5.84. The van der Waals surface area contributed by atoms with Crippen LogP contribution in [0.3, 0.4) is 0 Å². The third kappa shape index (κ3) is 5.77. The quantitative estimate of drug-likeness (QED) is 0.647. The summed E-state index contributed by atoms with van der Waals surface area (Å²) in [6.07, 6.45) is -2.42. The number of hydrogen-bond acceptors (Lipinski definition) is 1. The van der Waals surface area contributed by atoms with Crippen LogP contribution in [0.2, 0.25) is 0 Å². The number of thioether (sulfide) groups is 1. The molecular formula is C7H10ClF3S. The van der Waals surface area contributed by atoms with Gasteiger partial charge < -0.3 is 0 Å². The molecule has 12 heavy (non-hydrogen) atoms. The fraction of sp³-hybridized carbons (Fsp3) is 0.714. The van der Waals surface area contributed by atoms with Crippen LogP contribution in [0.4, 0.5) is 13.2 Å². The molecule has 0 aliphatic carbocycles. The highest BCUT2D eigenvalue weighted by atomic mass is 35.5. The van der Waals surface area contributed by atoms with Gasteiger partial charge in [-0.25, -0.2) is 0 Å². The second-order valence-electron chi connectivity index (χ2n) is 2.12. The maximum absolute atomic E-state index is 11.7. The Balaban J connectivity index is 3.70. The average molecular weight is 219 g/mol. The Hall–Kier alpha value is 0.170. The summed E-state index contributed by atoms with van der Waals surface area (Å²) in [4.78, 5) is 0. The van der Waals surface area contributed by atoms with E-state index < -0.39 is 11.2 Å². The molecule has 72 valence electrons. The van der Waals surface area contributed by atoms with Crippen LogP contribution in [-0.2, 0) is 0 Å². The lowest BCUT2D eigenvalue weighted by molar-refractivity contribution is -0.0846. The SMILES string of the molecule is CCCSC/C=C(\Cl)C(F)(F)F. The van der Waals surface area contributed by atoms with E-state index in [-0.39, 0.29) is 0 Å². The van der Waals surface area contributed by atoms with Crippen molar-refractivity contribution in [1.82, 2.24) is 0 Å². The molecule has 0 saturated carbocycles. The standard InChI is InChI=1S/C7H10ClF3S/c1-2-4-12-5-3-6(8)7(9,10)11/h3H,2,4-5H2,1H3/b6-3-. The zero-order valence-electron chi connectivity index (χ0n) is 6.62. The van der Waals surface area contributed by atoms with Crippen molar-refractivity contribution >= 4 is 23.4 Å². The van der Waals surface area contributed by atoms with Crippen molar-refractivity contribution in [1.29, 1.82) is 0 Å². The van der Waals surface area contributed by atoms with E-state index in [1.807, 2.05) is 6.92 Å². The van der Waals surface area contributed by atoms with Crippen LogP contribution in [0.25, 0.3) is 0 Å². The molecule has 0 atom stereocenters. The molecule has 0 saturated heterocycles. The minimum Gasteiger partial charge on any atom is -0.165 e. The molecule has 0 rings (SSSR count). The lowest BCUT2D eigenvalue weighted by Crippen LogP contribution is -2.07. The Labute approximate surface area is 79.2 Å². The van der Waals surface area contributed by atoms with Crippen LogP contribution in [0.15, 0.2) is 11.1 Å². The average Bonchev–Trinajstić information content (AvgIpc) is 1.96. The Morgan fingerprint density at radius 3 is 2.50 bits per heavy atom. The van der Waals surface area contributed by atoms with Gasteiger partial charge in [-0.05, 0) is 12.2 Å². The maximum atomic E-state index is 11.7. The van der Waals surface area contributed by atoms with Crippen LogP contribution in [0.1, 0.15) is 13.3 Å².